The monoisotopic (exact) mass is 442 g/mol. The summed E-state index contributed by atoms with van der Waals surface area (Å²) in [6, 6.07) is 5.15. The topological polar surface area (TPSA) is 116 Å². The Hall–Kier alpha value is -2.34. The number of halogens is 4. The third-order valence-corrected chi connectivity index (χ3v) is 3.49. The Bertz CT molecular complexity index is 953. The van der Waals surface area contributed by atoms with E-state index in [2.05, 4.69) is 4.74 Å². The van der Waals surface area contributed by atoms with Crippen LogP contribution < -0.4 is 34.3 Å². The second kappa shape index (κ2) is 9.92. The molecule has 0 heterocycles. The van der Waals surface area contributed by atoms with E-state index in [-0.39, 0.29) is 46.1 Å². The molecule has 148 valence electrons. The predicted octanol–water partition coefficient (Wildman–Crippen LogP) is 1.30. The van der Waals surface area contributed by atoms with Gasteiger partial charge in [-0.15, -0.1) is 0 Å². The van der Waals surface area contributed by atoms with Crippen molar-refractivity contribution in [3.05, 3.63) is 62.7 Å². The molecule has 0 aliphatic rings. The van der Waals surface area contributed by atoms with Crippen LogP contribution in [0.1, 0.15) is 15.9 Å². The van der Waals surface area contributed by atoms with Gasteiger partial charge in [0.05, 0.1) is 15.5 Å². The van der Waals surface area contributed by atoms with Crippen LogP contribution in [0.15, 0.2) is 36.4 Å². The summed E-state index contributed by atoms with van der Waals surface area (Å²) in [5.74, 6) is -3.14. The minimum Gasteiger partial charge on any atom is -0.479 e. The molecule has 0 bridgehead atoms. The molecule has 0 aromatic heterocycles. The van der Waals surface area contributed by atoms with Crippen molar-refractivity contribution in [2.75, 3.05) is 6.61 Å². The summed E-state index contributed by atoms with van der Waals surface area (Å²) in [6.45, 7) is -1.02. The van der Waals surface area contributed by atoms with Crippen LogP contribution in [-0.2, 0) is 15.7 Å². The Morgan fingerprint density at radius 1 is 1.17 bits per heavy atom. The van der Waals surface area contributed by atoms with Crippen molar-refractivity contribution in [1.29, 1.82) is 0 Å². The summed E-state index contributed by atoms with van der Waals surface area (Å²) in [5.41, 5.74) is -2.29. The number of carboxylic acid groups (broad SMARTS) is 1. The van der Waals surface area contributed by atoms with E-state index in [1.54, 1.807) is 0 Å². The number of ether oxygens (including phenoxy) is 2. The molecule has 0 saturated heterocycles. The number of carbonyl (C=O) groups is 2. The van der Waals surface area contributed by atoms with Gasteiger partial charge in [-0.05, 0) is 24.3 Å². The maximum absolute atomic E-state index is 12.7. The molecular formula is C16H9ClF3NNaO7+. The summed E-state index contributed by atoms with van der Waals surface area (Å²) in [4.78, 5) is 32.5. The van der Waals surface area contributed by atoms with Crippen molar-refractivity contribution in [2.45, 2.75) is 6.18 Å². The Morgan fingerprint density at radius 3 is 2.34 bits per heavy atom. The van der Waals surface area contributed by atoms with E-state index in [0.717, 1.165) is 24.3 Å². The number of esters is 1. The minimum absolute atomic E-state index is 0. The van der Waals surface area contributed by atoms with Crippen LogP contribution in [0, 0.1) is 10.1 Å². The molecule has 1 N–H and O–H groups in total. The van der Waals surface area contributed by atoms with E-state index in [1.807, 2.05) is 0 Å². The second-order valence-electron chi connectivity index (χ2n) is 5.15. The smallest absolute Gasteiger partial charge is 0.479 e. The van der Waals surface area contributed by atoms with Crippen molar-refractivity contribution >= 4 is 29.2 Å². The Morgan fingerprint density at radius 2 is 1.83 bits per heavy atom. The fraction of sp³-hybridized carbons (Fsp3) is 0.125. The fourth-order valence-corrected chi connectivity index (χ4v) is 2.21. The zero-order valence-corrected chi connectivity index (χ0v) is 17.3. The molecule has 0 spiro atoms. The quantitative estimate of drug-likeness (QED) is 0.310. The first kappa shape index (κ1) is 24.7. The van der Waals surface area contributed by atoms with Gasteiger partial charge < -0.3 is 14.6 Å². The Balaban J connectivity index is 0.00000420. The second-order valence-corrected chi connectivity index (χ2v) is 5.56. The van der Waals surface area contributed by atoms with Crippen LogP contribution in [0.5, 0.6) is 11.5 Å². The summed E-state index contributed by atoms with van der Waals surface area (Å²) in [7, 11) is 0. The number of hydrogen-bond acceptors (Lipinski definition) is 6. The van der Waals surface area contributed by atoms with Crippen LogP contribution in [0.25, 0.3) is 0 Å². The van der Waals surface area contributed by atoms with E-state index in [4.69, 9.17) is 21.4 Å². The molecule has 0 unspecified atom stereocenters. The fourth-order valence-electron chi connectivity index (χ4n) is 1.99. The number of nitro groups is 1. The maximum atomic E-state index is 12.7. The number of carbonyl (C=O) groups excluding carboxylic acids is 1. The van der Waals surface area contributed by atoms with Crippen LogP contribution in [0.2, 0.25) is 5.02 Å². The number of benzene rings is 2. The normalized spacial score (nSPS) is 10.6. The molecule has 0 saturated carbocycles. The molecule has 2 aromatic rings. The minimum atomic E-state index is -4.61. The number of aliphatic carboxylic acids is 1. The zero-order valence-electron chi connectivity index (χ0n) is 14.5. The van der Waals surface area contributed by atoms with E-state index >= 15 is 0 Å². The van der Waals surface area contributed by atoms with Gasteiger partial charge in [0.2, 0.25) is 0 Å². The van der Waals surface area contributed by atoms with Crippen molar-refractivity contribution in [3.63, 3.8) is 0 Å². The van der Waals surface area contributed by atoms with Gasteiger partial charge in [0.15, 0.2) is 6.61 Å². The summed E-state index contributed by atoms with van der Waals surface area (Å²) >= 11 is 5.76. The van der Waals surface area contributed by atoms with Crippen LogP contribution >= 0.6 is 11.6 Å². The van der Waals surface area contributed by atoms with E-state index in [9.17, 15) is 32.9 Å². The zero-order chi connectivity index (χ0) is 21.1. The first-order valence-corrected chi connectivity index (χ1v) is 7.59. The van der Waals surface area contributed by atoms with Gasteiger partial charge in [-0.25, -0.2) is 9.59 Å². The average Bonchev–Trinajstić information content (AvgIpc) is 2.60. The molecule has 0 aliphatic heterocycles. The van der Waals surface area contributed by atoms with Gasteiger partial charge in [0, 0.05) is 12.1 Å². The molecule has 13 heteroatoms. The third-order valence-electron chi connectivity index (χ3n) is 3.20. The van der Waals surface area contributed by atoms with Crippen LogP contribution in [0.3, 0.4) is 0 Å². The van der Waals surface area contributed by atoms with Gasteiger partial charge >= 0.3 is 47.7 Å². The van der Waals surface area contributed by atoms with Crippen LogP contribution in [0.4, 0.5) is 18.9 Å². The van der Waals surface area contributed by atoms with Crippen molar-refractivity contribution < 1.29 is 71.8 Å². The number of rotatable bonds is 6. The maximum Gasteiger partial charge on any atom is 1.00 e. The predicted molar refractivity (Wildman–Crippen MR) is 87.5 cm³/mol. The van der Waals surface area contributed by atoms with Gasteiger partial charge in [0.1, 0.15) is 17.1 Å². The first-order valence-electron chi connectivity index (χ1n) is 7.21. The first-order chi connectivity index (χ1) is 13.0. The standard InChI is InChI=1S/C16H9ClF3NO7.Na/c17-11-5-8(16(18,19)20)1-4-13(11)28-9-2-3-12(21(25)26)10(6-9)15(24)27-7-14(22)23;/h1-6H,7H2,(H,22,23);/q;+1. The molecule has 0 aliphatic carbocycles. The van der Waals surface area contributed by atoms with Gasteiger partial charge in [-0.1, -0.05) is 11.6 Å². The largest absolute Gasteiger partial charge is 1.00 e. The number of nitrogens with zero attached hydrogens (tertiary/aromatic N) is 1. The Kier molecular flexibility index (Phi) is 8.45. The molecule has 0 radical (unpaired) electrons. The summed E-state index contributed by atoms with van der Waals surface area (Å²) in [5, 5.41) is 19.2. The molecule has 2 aromatic carbocycles. The molecule has 0 amide bonds. The van der Waals surface area contributed by atoms with Gasteiger partial charge in [0.25, 0.3) is 5.69 Å². The Labute approximate surface area is 187 Å². The van der Waals surface area contributed by atoms with Gasteiger partial charge in [-0.2, -0.15) is 13.2 Å². The van der Waals surface area contributed by atoms with E-state index in [0.29, 0.717) is 12.1 Å². The third kappa shape index (κ3) is 6.60. The molecule has 2 rings (SSSR count). The molecule has 29 heavy (non-hydrogen) atoms. The van der Waals surface area contributed by atoms with Crippen molar-refractivity contribution in [1.82, 2.24) is 0 Å². The summed E-state index contributed by atoms with van der Waals surface area (Å²) in [6.07, 6.45) is -4.61. The number of alkyl halides is 3. The van der Waals surface area contributed by atoms with Crippen molar-refractivity contribution in [3.8, 4) is 11.5 Å². The molecule has 8 nitrogen and oxygen atoms in total. The van der Waals surface area contributed by atoms with Crippen LogP contribution in [-0.4, -0.2) is 28.6 Å². The molecule has 0 fully saturated rings. The molecular weight excluding hydrogens is 434 g/mol. The number of hydrogen-bond donors (Lipinski definition) is 1. The molecule has 0 atom stereocenters. The SMILES string of the molecule is O=C(O)COC(=O)c1cc(Oc2ccc(C(F)(F)F)cc2Cl)ccc1[N+](=O)[O-].[Na+]. The van der Waals surface area contributed by atoms with E-state index in [1.165, 1.54) is 0 Å². The average molecular weight is 443 g/mol. The summed E-state index contributed by atoms with van der Waals surface area (Å²) < 4.78 is 47.7. The number of nitro benzene ring substituents is 1. The van der Waals surface area contributed by atoms with Crippen molar-refractivity contribution in [2.24, 2.45) is 0 Å². The van der Waals surface area contributed by atoms with Gasteiger partial charge in [-0.3, -0.25) is 10.1 Å². The number of carboxylic acids is 1. The van der Waals surface area contributed by atoms with E-state index < -0.39 is 46.5 Å².